The molecule has 0 unspecified atom stereocenters. The van der Waals surface area contributed by atoms with E-state index in [2.05, 4.69) is 6.92 Å². The molecule has 0 heterocycles. The number of halogens is 1. The molecular weight excluding hydrogens is 429 g/mol. The second-order valence-electron chi connectivity index (χ2n) is 9.41. The second kappa shape index (κ2) is 22.0. The fraction of sp³-hybridized carbons (Fsp3) is 0.759. The number of aliphatic hydroxyl groups is 1. The Kier molecular flexibility index (Phi) is 19.8. The molecule has 1 N–H and O–H groups in total. The quantitative estimate of drug-likeness (QED) is 0.163. The summed E-state index contributed by atoms with van der Waals surface area (Å²) in [7, 11) is 0. The van der Waals surface area contributed by atoms with Gasteiger partial charge in [-0.05, 0) is 30.2 Å². The summed E-state index contributed by atoms with van der Waals surface area (Å²) in [5, 5.41) is 18.6. The maximum Gasteiger partial charge on any atom is 0.123 e. The molecule has 0 fully saturated rings. The average molecular weight is 478 g/mol. The Labute approximate surface area is 207 Å². The van der Waals surface area contributed by atoms with Crippen molar-refractivity contribution >= 4 is 0 Å². The van der Waals surface area contributed by atoms with Crippen molar-refractivity contribution in [3.8, 4) is 6.07 Å². The number of hydrogen-bond acceptors (Lipinski definition) is 4. The number of rotatable bonds is 23. The molecule has 0 aromatic heterocycles. The normalized spacial score (nSPS) is 12.1. The highest BCUT2D eigenvalue weighted by molar-refractivity contribution is 5.37. The largest absolute Gasteiger partial charge is 0.394 e. The van der Waals surface area contributed by atoms with Crippen LogP contribution in [-0.4, -0.2) is 31.0 Å². The van der Waals surface area contributed by atoms with Crippen molar-refractivity contribution < 1.29 is 19.0 Å². The van der Waals surface area contributed by atoms with Crippen molar-refractivity contribution in [3.63, 3.8) is 0 Å². The minimum atomic E-state index is -0.476. The Balaban J connectivity index is 1.90. The number of nitrogens with zero attached hydrogens (tertiary/aromatic N) is 1. The summed E-state index contributed by atoms with van der Waals surface area (Å²) in [5.41, 5.74) is 0.867. The number of unbranched alkanes of at least 4 members (excludes halogenated alkanes) is 15. The second-order valence-corrected chi connectivity index (χ2v) is 9.41. The molecule has 0 bridgehead atoms. The van der Waals surface area contributed by atoms with Gasteiger partial charge in [-0.2, -0.15) is 5.26 Å². The van der Waals surface area contributed by atoms with E-state index in [0.29, 0.717) is 24.3 Å². The summed E-state index contributed by atoms with van der Waals surface area (Å²) in [5.74, 6) is -0.405. The number of aliphatic hydroxyl groups excluding tert-OH is 1. The lowest BCUT2D eigenvalue weighted by atomic mass is 10.0. The summed E-state index contributed by atoms with van der Waals surface area (Å²) in [6.45, 7) is 3.13. The third kappa shape index (κ3) is 16.2. The van der Waals surface area contributed by atoms with Gasteiger partial charge in [0, 0.05) is 6.61 Å². The Morgan fingerprint density at radius 1 is 0.853 bits per heavy atom. The third-order valence-corrected chi connectivity index (χ3v) is 6.31. The molecule has 0 aliphatic rings. The highest BCUT2D eigenvalue weighted by Gasteiger charge is 2.11. The van der Waals surface area contributed by atoms with E-state index >= 15 is 0 Å². The van der Waals surface area contributed by atoms with E-state index in [4.69, 9.17) is 14.7 Å². The van der Waals surface area contributed by atoms with Crippen molar-refractivity contribution in [2.75, 3.05) is 19.8 Å². The van der Waals surface area contributed by atoms with Gasteiger partial charge in [0.1, 0.15) is 11.9 Å². The van der Waals surface area contributed by atoms with Crippen LogP contribution in [0, 0.1) is 17.1 Å². The van der Waals surface area contributed by atoms with Crippen LogP contribution in [0.2, 0.25) is 0 Å². The van der Waals surface area contributed by atoms with Crippen LogP contribution in [0.1, 0.15) is 121 Å². The van der Waals surface area contributed by atoms with Crippen LogP contribution in [0.15, 0.2) is 18.2 Å². The third-order valence-electron chi connectivity index (χ3n) is 6.31. The number of nitriles is 1. The summed E-state index contributed by atoms with van der Waals surface area (Å²) >= 11 is 0. The van der Waals surface area contributed by atoms with Crippen LogP contribution in [0.3, 0.4) is 0 Å². The summed E-state index contributed by atoms with van der Waals surface area (Å²) < 4.78 is 24.7. The first-order valence-electron chi connectivity index (χ1n) is 13.7. The number of ether oxygens (including phenoxy) is 2. The molecule has 4 nitrogen and oxygen atoms in total. The van der Waals surface area contributed by atoms with Gasteiger partial charge in [0.2, 0.25) is 0 Å². The first-order chi connectivity index (χ1) is 16.7. The molecule has 0 spiro atoms. The van der Waals surface area contributed by atoms with Gasteiger partial charge in [0.15, 0.2) is 0 Å². The van der Waals surface area contributed by atoms with Gasteiger partial charge in [0.05, 0.1) is 31.5 Å². The summed E-state index contributed by atoms with van der Waals surface area (Å²) in [4.78, 5) is 0. The molecule has 194 valence electrons. The zero-order valence-electron chi connectivity index (χ0n) is 21.5. The smallest absolute Gasteiger partial charge is 0.123 e. The molecule has 0 saturated carbocycles. The Morgan fingerprint density at radius 3 is 1.88 bits per heavy atom. The standard InChI is InChI=1S/C29H48FNO3/c1-2-3-4-5-6-7-8-9-10-11-12-13-14-15-16-17-20-33-25-29(23-32)34-24-27-21-28(30)19-18-26(27)22-31/h18-19,21,29,32H,2-17,20,23-25H2,1H3/t29-/m0/s1. The van der Waals surface area contributed by atoms with Crippen molar-refractivity contribution in [2.24, 2.45) is 0 Å². The lowest BCUT2D eigenvalue weighted by Crippen LogP contribution is -2.24. The zero-order valence-corrected chi connectivity index (χ0v) is 21.5. The maximum absolute atomic E-state index is 13.4. The van der Waals surface area contributed by atoms with E-state index < -0.39 is 11.9 Å². The first-order valence-corrected chi connectivity index (χ1v) is 13.7. The molecule has 0 aliphatic carbocycles. The van der Waals surface area contributed by atoms with Crippen molar-refractivity contribution in [1.82, 2.24) is 0 Å². The van der Waals surface area contributed by atoms with Crippen molar-refractivity contribution in [2.45, 2.75) is 122 Å². The molecule has 0 aliphatic heterocycles. The van der Waals surface area contributed by atoms with Gasteiger partial charge in [-0.1, -0.05) is 103 Å². The van der Waals surface area contributed by atoms with E-state index in [1.165, 1.54) is 108 Å². The molecule has 0 saturated heterocycles. The van der Waals surface area contributed by atoms with E-state index in [-0.39, 0.29) is 13.2 Å². The highest BCUT2D eigenvalue weighted by Crippen LogP contribution is 2.15. The van der Waals surface area contributed by atoms with Gasteiger partial charge in [-0.25, -0.2) is 4.39 Å². The lowest BCUT2D eigenvalue weighted by Gasteiger charge is -2.16. The van der Waals surface area contributed by atoms with E-state index in [0.717, 1.165) is 12.8 Å². The van der Waals surface area contributed by atoms with Gasteiger partial charge < -0.3 is 14.6 Å². The monoisotopic (exact) mass is 477 g/mol. The predicted molar refractivity (Wildman–Crippen MR) is 137 cm³/mol. The molecular formula is C29H48FNO3. The fourth-order valence-corrected chi connectivity index (χ4v) is 4.12. The molecule has 5 heteroatoms. The summed E-state index contributed by atoms with van der Waals surface area (Å²) in [6, 6.07) is 6.02. The van der Waals surface area contributed by atoms with Gasteiger partial charge in [-0.15, -0.1) is 0 Å². The van der Waals surface area contributed by atoms with Crippen molar-refractivity contribution in [3.05, 3.63) is 35.1 Å². The van der Waals surface area contributed by atoms with E-state index in [1.807, 2.05) is 6.07 Å². The van der Waals surface area contributed by atoms with Gasteiger partial charge >= 0.3 is 0 Å². The van der Waals surface area contributed by atoms with Crippen LogP contribution >= 0.6 is 0 Å². The Hall–Kier alpha value is -1.48. The molecule has 0 radical (unpaired) electrons. The van der Waals surface area contributed by atoms with E-state index in [9.17, 15) is 9.50 Å². The fourth-order valence-electron chi connectivity index (χ4n) is 4.12. The molecule has 0 amide bonds. The minimum Gasteiger partial charge on any atom is -0.394 e. The Morgan fingerprint density at radius 2 is 1.38 bits per heavy atom. The predicted octanol–water partition coefficient (Wildman–Crippen LogP) is 7.85. The average Bonchev–Trinajstić information content (AvgIpc) is 2.85. The van der Waals surface area contributed by atoms with Crippen LogP contribution < -0.4 is 0 Å². The SMILES string of the molecule is CCCCCCCCCCCCCCCCCCOC[C@H](CO)OCc1cc(F)ccc1C#N. The molecule has 1 rings (SSSR count). The summed E-state index contributed by atoms with van der Waals surface area (Å²) in [6.07, 6.45) is 21.0. The van der Waals surface area contributed by atoms with Gasteiger partial charge in [0.25, 0.3) is 0 Å². The highest BCUT2D eigenvalue weighted by atomic mass is 19.1. The lowest BCUT2D eigenvalue weighted by molar-refractivity contribution is -0.0503. The molecule has 34 heavy (non-hydrogen) atoms. The van der Waals surface area contributed by atoms with Gasteiger partial charge in [-0.3, -0.25) is 0 Å². The number of hydrogen-bond donors (Lipinski definition) is 1. The maximum atomic E-state index is 13.4. The number of benzene rings is 1. The van der Waals surface area contributed by atoms with Crippen LogP contribution in [0.25, 0.3) is 0 Å². The van der Waals surface area contributed by atoms with Crippen LogP contribution in [-0.2, 0) is 16.1 Å². The Bertz CT molecular complexity index is 647. The minimum absolute atomic E-state index is 0.0777. The topological polar surface area (TPSA) is 62.5 Å². The van der Waals surface area contributed by atoms with Crippen LogP contribution in [0.4, 0.5) is 4.39 Å². The first kappa shape index (κ1) is 30.6. The van der Waals surface area contributed by atoms with Crippen LogP contribution in [0.5, 0.6) is 0 Å². The van der Waals surface area contributed by atoms with E-state index in [1.54, 1.807) is 0 Å². The molecule has 1 atom stereocenters. The van der Waals surface area contributed by atoms with Crippen molar-refractivity contribution in [1.29, 1.82) is 5.26 Å². The molecule has 1 aromatic carbocycles. The molecule has 1 aromatic rings. The zero-order chi connectivity index (χ0) is 24.7.